The van der Waals surface area contributed by atoms with E-state index in [2.05, 4.69) is 14.9 Å². The van der Waals surface area contributed by atoms with Gasteiger partial charge in [0, 0.05) is 44.6 Å². The standard InChI is InChI=1S/C16H21N5O2S/c1-13-17-15(19-6-2-3-7-19)12-16(18-13)20-8-10-21(11-9-20)24(22,23)14-4-5-14/h2-3,6-7,12,14H,4-5,8-11H2,1H3. The Bertz CT molecular complexity index is 822. The van der Waals surface area contributed by atoms with Crippen molar-refractivity contribution in [2.24, 2.45) is 0 Å². The third kappa shape index (κ3) is 2.91. The van der Waals surface area contributed by atoms with Gasteiger partial charge in [0.25, 0.3) is 0 Å². The summed E-state index contributed by atoms with van der Waals surface area (Å²) in [5.41, 5.74) is 0. The van der Waals surface area contributed by atoms with Gasteiger partial charge in [0.15, 0.2) is 0 Å². The molecule has 1 aliphatic heterocycles. The van der Waals surface area contributed by atoms with Crippen molar-refractivity contribution in [2.75, 3.05) is 31.1 Å². The number of aryl methyl sites for hydroxylation is 1. The molecule has 2 fully saturated rings. The van der Waals surface area contributed by atoms with E-state index in [9.17, 15) is 8.42 Å². The second-order valence-corrected chi connectivity index (χ2v) is 8.57. The molecule has 0 bridgehead atoms. The molecule has 24 heavy (non-hydrogen) atoms. The summed E-state index contributed by atoms with van der Waals surface area (Å²) in [6.07, 6.45) is 5.53. The fourth-order valence-corrected chi connectivity index (χ4v) is 4.89. The summed E-state index contributed by atoms with van der Waals surface area (Å²) in [6, 6.07) is 5.87. The highest BCUT2D eigenvalue weighted by Gasteiger charge is 2.41. The van der Waals surface area contributed by atoms with E-state index in [0.717, 1.165) is 24.5 Å². The molecule has 4 rings (SSSR count). The van der Waals surface area contributed by atoms with Gasteiger partial charge in [0.05, 0.1) is 5.25 Å². The van der Waals surface area contributed by atoms with E-state index in [0.29, 0.717) is 32.0 Å². The number of hydrogen-bond donors (Lipinski definition) is 0. The van der Waals surface area contributed by atoms with Crippen LogP contribution in [0.3, 0.4) is 0 Å². The first-order chi connectivity index (χ1) is 11.5. The van der Waals surface area contributed by atoms with Crippen molar-refractivity contribution in [1.29, 1.82) is 0 Å². The number of hydrogen-bond acceptors (Lipinski definition) is 5. The Labute approximate surface area is 142 Å². The SMILES string of the molecule is Cc1nc(N2CCN(S(=O)(=O)C3CC3)CC2)cc(-n2cccc2)n1. The number of anilines is 1. The van der Waals surface area contributed by atoms with E-state index in [4.69, 9.17) is 0 Å². The molecule has 0 spiro atoms. The maximum Gasteiger partial charge on any atom is 0.217 e. The average molecular weight is 347 g/mol. The fourth-order valence-electron chi connectivity index (χ4n) is 3.07. The summed E-state index contributed by atoms with van der Waals surface area (Å²) in [4.78, 5) is 11.2. The molecule has 0 amide bonds. The predicted octanol–water partition coefficient (Wildman–Crippen LogP) is 1.19. The van der Waals surface area contributed by atoms with E-state index in [-0.39, 0.29) is 5.25 Å². The van der Waals surface area contributed by atoms with Crippen molar-refractivity contribution in [2.45, 2.75) is 25.0 Å². The van der Waals surface area contributed by atoms with Gasteiger partial charge in [-0.05, 0) is 31.9 Å². The summed E-state index contributed by atoms with van der Waals surface area (Å²) in [5, 5.41) is -0.134. The van der Waals surface area contributed by atoms with E-state index < -0.39 is 10.0 Å². The summed E-state index contributed by atoms with van der Waals surface area (Å²) < 4.78 is 28.3. The van der Waals surface area contributed by atoms with E-state index >= 15 is 0 Å². The average Bonchev–Trinajstić information content (AvgIpc) is 3.30. The van der Waals surface area contributed by atoms with Crippen LogP contribution in [0.2, 0.25) is 0 Å². The minimum atomic E-state index is -3.08. The van der Waals surface area contributed by atoms with E-state index in [1.54, 1.807) is 4.31 Å². The van der Waals surface area contributed by atoms with Gasteiger partial charge in [-0.15, -0.1) is 0 Å². The molecule has 2 aromatic heterocycles. The summed E-state index contributed by atoms with van der Waals surface area (Å²) >= 11 is 0. The number of sulfonamides is 1. The van der Waals surface area contributed by atoms with Crippen LogP contribution in [0.5, 0.6) is 0 Å². The predicted molar refractivity (Wildman–Crippen MR) is 91.8 cm³/mol. The largest absolute Gasteiger partial charge is 0.354 e. The molecule has 7 nitrogen and oxygen atoms in total. The first kappa shape index (κ1) is 15.6. The zero-order valence-electron chi connectivity index (χ0n) is 13.7. The van der Waals surface area contributed by atoms with Crippen LogP contribution >= 0.6 is 0 Å². The zero-order valence-corrected chi connectivity index (χ0v) is 14.5. The molecule has 1 saturated heterocycles. The first-order valence-electron chi connectivity index (χ1n) is 8.27. The van der Waals surface area contributed by atoms with Gasteiger partial charge in [-0.25, -0.2) is 18.4 Å². The first-order valence-corrected chi connectivity index (χ1v) is 9.77. The molecule has 128 valence electrons. The lowest BCUT2D eigenvalue weighted by Gasteiger charge is -2.34. The molecule has 0 N–H and O–H groups in total. The molecule has 0 radical (unpaired) electrons. The third-order valence-electron chi connectivity index (χ3n) is 4.55. The van der Waals surface area contributed by atoms with Gasteiger partial charge < -0.3 is 9.47 Å². The number of aromatic nitrogens is 3. The second kappa shape index (κ2) is 5.86. The van der Waals surface area contributed by atoms with Crippen molar-refractivity contribution >= 4 is 15.8 Å². The Balaban J connectivity index is 1.51. The Morgan fingerprint density at radius 2 is 1.62 bits per heavy atom. The van der Waals surface area contributed by atoms with Crippen LogP contribution in [0.1, 0.15) is 18.7 Å². The van der Waals surface area contributed by atoms with Crippen LogP contribution in [-0.4, -0.2) is 58.7 Å². The zero-order chi connectivity index (χ0) is 16.7. The lowest BCUT2D eigenvalue weighted by molar-refractivity contribution is 0.383. The molecule has 2 aromatic rings. The molecule has 0 atom stereocenters. The molecular weight excluding hydrogens is 326 g/mol. The van der Waals surface area contributed by atoms with Gasteiger partial charge in [-0.3, -0.25) is 0 Å². The normalized spacial score (nSPS) is 19.6. The van der Waals surface area contributed by atoms with Crippen LogP contribution in [-0.2, 0) is 10.0 Å². The van der Waals surface area contributed by atoms with Gasteiger partial charge in [0.1, 0.15) is 17.5 Å². The monoisotopic (exact) mass is 347 g/mol. The highest BCUT2D eigenvalue weighted by molar-refractivity contribution is 7.90. The van der Waals surface area contributed by atoms with Crippen LogP contribution in [0.25, 0.3) is 5.82 Å². The summed E-state index contributed by atoms with van der Waals surface area (Å²) in [6.45, 7) is 4.26. The van der Waals surface area contributed by atoms with Gasteiger partial charge >= 0.3 is 0 Å². The molecule has 2 aliphatic rings. The molecule has 8 heteroatoms. The summed E-state index contributed by atoms with van der Waals surface area (Å²) in [7, 11) is -3.08. The van der Waals surface area contributed by atoms with Crippen LogP contribution in [0.4, 0.5) is 5.82 Å². The van der Waals surface area contributed by atoms with Crippen molar-refractivity contribution in [1.82, 2.24) is 18.8 Å². The van der Waals surface area contributed by atoms with Crippen LogP contribution in [0, 0.1) is 6.92 Å². The lowest BCUT2D eigenvalue weighted by atomic mass is 10.3. The maximum absolute atomic E-state index is 12.3. The number of piperazine rings is 1. The highest BCUT2D eigenvalue weighted by Crippen LogP contribution is 2.31. The van der Waals surface area contributed by atoms with Gasteiger partial charge in [-0.1, -0.05) is 0 Å². The summed E-state index contributed by atoms with van der Waals surface area (Å²) in [5.74, 6) is 2.40. The smallest absolute Gasteiger partial charge is 0.217 e. The minimum Gasteiger partial charge on any atom is -0.354 e. The number of nitrogens with zero attached hydrogens (tertiary/aromatic N) is 5. The van der Waals surface area contributed by atoms with E-state index in [1.165, 1.54) is 0 Å². The Morgan fingerprint density at radius 1 is 1.00 bits per heavy atom. The molecule has 1 saturated carbocycles. The Morgan fingerprint density at radius 3 is 2.25 bits per heavy atom. The van der Waals surface area contributed by atoms with Crippen molar-refractivity contribution in [3.05, 3.63) is 36.4 Å². The number of rotatable bonds is 4. The molecule has 1 aliphatic carbocycles. The Hall–Kier alpha value is -1.93. The van der Waals surface area contributed by atoms with Crippen molar-refractivity contribution in [3.8, 4) is 5.82 Å². The van der Waals surface area contributed by atoms with Crippen LogP contribution < -0.4 is 4.90 Å². The molecule has 0 aromatic carbocycles. The second-order valence-electron chi connectivity index (χ2n) is 6.35. The van der Waals surface area contributed by atoms with Gasteiger partial charge in [-0.2, -0.15) is 4.31 Å². The third-order valence-corrected chi connectivity index (χ3v) is 6.95. The quantitative estimate of drug-likeness (QED) is 0.831. The molecular formula is C16H21N5O2S. The van der Waals surface area contributed by atoms with Gasteiger partial charge in [0.2, 0.25) is 10.0 Å². The Kier molecular flexibility index (Phi) is 3.80. The minimum absolute atomic E-state index is 0.134. The van der Waals surface area contributed by atoms with Crippen molar-refractivity contribution < 1.29 is 8.42 Å². The lowest BCUT2D eigenvalue weighted by Crippen LogP contribution is -2.49. The van der Waals surface area contributed by atoms with Crippen molar-refractivity contribution in [3.63, 3.8) is 0 Å². The maximum atomic E-state index is 12.3. The van der Waals surface area contributed by atoms with Crippen LogP contribution in [0.15, 0.2) is 30.6 Å². The molecule has 3 heterocycles. The topological polar surface area (TPSA) is 71.3 Å². The van der Waals surface area contributed by atoms with E-state index in [1.807, 2.05) is 42.1 Å². The molecule has 0 unspecified atom stereocenters. The fraction of sp³-hybridized carbons (Fsp3) is 0.500. The highest BCUT2D eigenvalue weighted by atomic mass is 32.2.